The Morgan fingerprint density at radius 3 is 2.47 bits per heavy atom. The number of nitrogens with one attached hydrogen (secondary N) is 1. The van der Waals surface area contributed by atoms with Gasteiger partial charge in [-0.15, -0.1) is 11.3 Å². The van der Waals surface area contributed by atoms with Gasteiger partial charge in [-0.25, -0.2) is 9.82 Å². The van der Waals surface area contributed by atoms with Gasteiger partial charge in [-0.05, 0) is 28.1 Å². The van der Waals surface area contributed by atoms with Crippen LogP contribution in [-0.2, 0) is 0 Å². The van der Waals surface area contributed by atoms with Crippen LogP contribution < -0.4 is 11.3 Å². The van der Waals surface area contributed by atoms with E-state index < -0.39 is 11.9 Å². The first-order chi connectivity index (χ1) is 8.95. The molecule has 8 heteroatoms. The molecule has 2 nitrogen and oxygen atoms in total. The molecule has 3 N–H and O–H groups in total. The largest absolute Gasteiger partial charge is 0.271 e. The maximum Gasteiger partial charge on any atom is 0.148 e. The molecule has 0 aliphatic heterocycles. The average Bonchev–Trinajstić information content (AvgIpc) is 2.69. The van der Waals surface area contributed by atoms with Crippen molar-refractivity contribution in [2.45, 2.75) is 6.04 Å². The first kappa shape index (κ1) is 15.5. The number of nitrogens with two attached hydrogens (primary N) is 1. The molecule has 1 aromatic heterocycles. The van der Waals surface area contributed by atoms with Crippen LogP contribution in [0, 0.1) is 5.82 Å². The van der Waals surface area contributed by atoms with Crippen LogP contribution in [0.2, 0.25) is 13.7 Å². The van der Waals surface area contributed by atoms with Crippen molar-refractivity contribution in [2.24, 2.45) is 5.84 Å². The number of hydrogen-bond donors (Lipinski definition) is 2. The summed E-state index contributed by atoms with van der Waals surface area (Å²) in [6.45, 7) is 0. The molecule has 0 saturated carbocycles. The first-order valence-corrected chi connectivity index (χ1v) is 7.74. The highest BCUT2D eigenvalue weighted by Gasteiger charge is 2.23. The van der Waals surface area contributed by atoms with Gasteiger partial charge >= 0.3 is 0 Å². The van der Waals surface area contributed by atoms with Crippen LogP contribution in [0.5, 0.6) is 0 Å². The summed E-state index contributed by atoms with van der Waals surface area (Å²) in [4.78, 5) is 0. The quantitative estimate of drug-likeness (QED) is 0.421. The second-order valence-electron chi connectivity index (χ2n) is 3.64. The number of benzene rings is 1. The Morgan fingerprint density at radius 1 is 1.26 bits per heavy atom. The van der Waals surface area contributed by atoms with E-state index in [0.29, 0.717) is 24.3 Å². The van der Waals surface area contributed by atoms with Gasteiger partial charge in [0, 0.05) is 15.6 Å². The van der Waals surface area contributed by atoms with Crippen LogP contribution in [0.3, 0.4) is 0 Å². The molecule has 0 saturated heterocycles. The van der Waals surface area contributed by atoms with Crippen LogP contribution in [-0.4, -0.2) is 0 Å². The molecule has 19 heavy (non-hydrogen) atoms. The minimum absolute atomic E-state index is 0.00445. The second-order valence-corrected chi connectivity index (χ2v) is 7.16. The molecule has 2 aromatic rings. The minimum Gasteiger partial charge on any atom is -0.271 e. The second kappa shape index (κ2) is 6.26. The monoisotopic (exact) mass is 402 g/mol. The number of thiophene rings is 1. The lowest BCUT2D eigenvalue weighted by Gasteiger charge is -2.17. The summed E-state index contributed by atoms with van der Waals surface area (Å²) in [6, 6.07) is 4.25. The van der Waals surface area contributed by atoms with E-state index in [-0.39, 0.29) is 5.02 Å². The van der Waals surface area contributed by atoms with Crippen LogP contribution in [0.1, 0.15) is 17.2 Å². The van der Waals surface area contributed by atoms with Gasteiger partial charge in [0.2, 0.25) is 0 Å². The molecule has 0 aliphatic rings. The van der Waals surface area contributed by atoms with Gasteiger partial charge in [0.15, 0.2) is 0 Å². The van der Waals surface area contributed by atoms with E-state index in [1.165, 1.54) is 11.3 Å². The van der Waals surface area contributed by atoms with Crippen molar-refractivity contribution in [1.82, 2.24) is 5.43 Å². The molecule has 2 rings (SSSR count). The number of rotatable bonds is 3. The number of hydrazine groups is 1. The highest BCUT2D eigenvalue weighted by atomic mass is 79.9. The minimum atomic E-state index is -0.623. The topological polar surface area (TPSA) is 38.0 Å². The Bertz CT molecular complexity index is 620. The Morgan fingerprint density at radius 2 is 1.95 bits per heavy atom. The van der Waals surface area contributed by atoms with Crippen molar-refractivity contribution in [1.29, 1.82) is 0 Å². The van der Waals surface area contributed by atoms with Gasteiger partial charge in [-0.2, -0.15) is 0 Å². The molecule has 0 bridgehead atoms. The van der Waals surface area contributed by atoms with Crippen molar-refractivity contribution in [3.63, 3.8) is 0 Å². The van der Waals surface area contributed by atoms with Crippen LogP contribution in [0.25, 0.3) is 0 Å². The fourth-order valence-electron chi connectivity index (χ4n) is 1.66. The van der Waals surface area contributed by atoms with Gasteiger partial charge in [0.05, 0.1) is 19.7 Å². The zero-order valence-corrected chi connectivity index (χ0v) is 13.9. The molecule has 1 heterocycles. The summed E-state index contributed by atoms with van der Waals surface area (Å²) < 4.78 is 15.6. The fraction of sp³-hybridized carbons (Fsp3) is 0.0909. The highest BCUT2D eigenvalue weighted by Crippen LogP contribution is 2.39. The Balaban J connectivity index is 2.54. The van der Waals surface area contributed by atoms with Gasteiger partial charge in [-0.1, -0.05) is 40.9 Å². The predicted octanol–water partition coefficient (Wildman–Crippen LogP) is 5.16. The Labute approximate surface area is 136 Å². The maximum atomic E-state index is 14.2. The van der Waals surface area contributed by atoms with Gasteiger partial charge < -0.3 is 0 Å². The number of halogens is 5. The fourth-order valence-corrected chi connectivity index (χ4v) is 3.67. The van der Waals surface area contributed by atoms with Crippen LogP contribution >= 0.6 is 62.1 Å². The molecule has 0 aliphatic carbocycles. The highest BCUT2D eigenvalue weighted by molar-refractivity contribution is 9.10. The zero-order valence-electron chi connectivity index (χ0n) is 9.18. The SMILES string of the molecule is NNC(c1cc(Cl)sc1Cl)c1ccc(Br)c(Cl)c1F. The molecule has 1 unspecified atom stereocenters. The molecule has 0 amide bonds. The lowest BCUT2D eigenvalue weighted by atomic mass is 10.0. The standard InChI is InChI=1S/C11H7BrCl3FN2S/c12-6-2-1-4(9(16)8(6)14)10(18-17)5-3-7(13)19-11(5)15/h1-3,10,18H,17H2. The third-order valence-corrected chi connectivity index (χ3v) is 5.31. The average molecular weight is 405 g/mol. The Kier molecular flexibility index (Phi) is 5.11. The van der Waals surface area contributed by atoms with Gasteiger partial charge in [0.1, 0.15) is 5.82 Å². The first-order valence-electron chi connectivity index (χ1n) is 5.00. The van der Waals surface area contributed by atoms with Crippen LogP contribution in [0.4, 0.5) is 4.39 Å². The Hall–Kier alpha value is 0.120. The molecule has 1 aromatic carbocycles. The molecule has 102 valence electrons. The summed E-state index contributed by atoms with van der Waals surface area (Å²) in [5.41, 5.74) is 3.43. The summed E-state index contributed by atoms with van der Waals surface area (Å²) in [7, 11) is 0. The van der Waals surface area contributed by atoms with Crippen molar-refractivity contribution in [3.8, 4) is 0 Å². The summed E-state index contributed by atoms with van der Waals surface area (Å²) in [5.74, 6) is 4.95. The van der Waals surface area contributed by atoms with Crippen LogP contribution in [0.15, 0.2) is 22.7 Å². The summed E-state index contributed by atoms with van der Waals surface area (Å²) >= 11 is 22.2. The molecular formula is C11H7BrCl3FN2S. The molecule has 0 spiro atoms. The maximum absolute atomic E-state index is 14.2. The predicted molar refractivity (Wildman–Crippen MR) is 82.6 cm³/mol. The van der Waals surface area contributed by atoms with Gasteiger partial charge in [-0.3, -0.25) is 5.84 Å². The molecule has 0 fully saturated rings. The van der Waals surface area contributed by atoms with E-state index in [9.17, 15) is 4.39 Å². The zero-order chi connectivity index (χ0) is 14.2. The van der Waals surface area contributed by atoms with Gasteiger partial charge in [0.25, 0.3) is 0 Å². The molecule has 0 radical (unpaired) electrons. The molecule has 1 atom stereocenters. The van der Waals surface area contributed by atoms with E-state index in [4.69, 9.17) is 40.6 Å². The third kappa shape index (κ3) is 3.08. The van der Waals surface area contributed by atoms with Crippen molar-refractivity contribution < 1.29 is 4.39 Å². The normalized spacial score (nSPS) is 12.7. The van der Waals surface area contributed by atoms with E-state index in [2.05, 4.69) is 21.4 Å². The van der Waals surface area contributed by atoms with Crippen molar-refractivity contribution in [3.05, 3.63) is 53.3 Å². The van der Waals surface area contributed by atoms with E-state index in [0.717, 1.165) is 0 Å². The summed E-state index contributed by atoms with van der Waals surface area (Å²) in [6.07, 6.45) is 0. The lowest BCUT2D eigenvalue weighted by molar-refractivity contribution is 0.560. The number of hydrogen-bond acceptors (Lipinski definition) is 3. The smallest absolute Gasteiger partial charge is 0.148 e. The third-order valence-electron chi connectivity index (χ3n) is 2.54. The molecular weight excluding hydrogens is 397 g/mol. The van der Waals surface area contributed by atoms with E-state index in [1.807, 2.05) is 0 Å². The lowest BCUT2D eigenvalue weighted by Crippen LogP contribution is -2.29. The van der Waals surface area contributed by atoms with Crippen molar-refractivity contribution in [2.75, 3.05) is 0 Å². The van der Waals surface area contributed by atoms with E-state index >= 15 is 0 Å². The van der Waals surface area contributed by atoms with E-state index in [1.54, 1.807) is 18.2 Å². The van der Waals surface area contributed by atoms with Crippen molar-refractivity contribution >= 4 is 62.1 Å². The summed E-state index contributed by atoms with van der Waals surface area (Å²) in [5, 5.41) is -0.00445.